The minimum atomic E-state index is 0.304. The van der Waals surface area contributed by atoms with Gasteiger partial charge in [-0.05, 0) is 73.4 Å². The average Bonchev–Trinajstić information content (AvgIpc) is 2.95. The second-order valence-electron chi connectivity index (χ2n) is 8.66. The molecule has 1 fully saturated rings. The van der Waals surface area contributed by atoms with Crippen molar-refractivity contribution in [2.24, 2.45) is 5.41 Å². The average molecular weight is 431 g/mol. The number of aromatic nitrogens is 1. The number of hydrogen-bond donors (Lipinski definition) is 0. The van der Waals surface area contributed by atoms with Gasteiger partial charge in [-0.3, -0.25) is 0 Å². The molecule has 1 aliphatic heterocycles. The van der Waals surface area contributed by atoms with Crippen LogP contribution >= 0.6 is 23.7 Å². The zero-order valence-electron chi connectivity index (χ0n) is 17.6. The fourth-order valence-electron chi connectivity index (χ4n) is 4.23. The predicted octanol–water partition coefficient (Wildman–Crippen LogP) is 5.00. The van der Waals surface area contributed by atoms with Gasteiger partial charge < -0.3 is 14.1 Å². The van der Waals surface area contributed by atoms with Gasteiger partial charge in [-0.25, -0.2) is 4.31 Å². The Hall–Kier alpha value is -1.21. The van der Waals surface area contributed by atoms with Gasteiger partial charge in [-0.2, -0.15) is 0 Å². The molecule has 2 aliphatic rings. The molecule has 0 atom stereocenters. The third-order valence-corrected chi connectivity index (χ3v) is 8.24. The van der Waals surface area contributed by atoms with Crippen molar-refractivity contribution in [3.05, 3.63) is 41.2 Å². The summed E-state index contributed by atoms with van der Waals surface area (Å²) in [5, 5.41) is 0. The van der Waals surface area contributed by atoms with Crippen LogP contribution in [0, 0.1) is 12.3 Å². The Balaban J connectivity index is 1.54. The third-order valence-electron chi connectivity index (χ3n) is 5.88. The predicted molar refractivity (Wildman–Crippen MR) is 120 cm³/mol. The Morgan fingerprint density at radius 3 is 2.52 bits per heavy atom. The Labute approximate surface area is 182 Å². The Morgan fingerprint density at radius 2 is 1.83 bits per heavy atom. The topological polar surface area (TPSA) is 34.5 Å². The van der Waals surface area contributed by atoms with Crippen molar-refractivity contribution in [1.82, 2.24) is 8.87 Å². The molecular weight excluding hydrogens is 400 g/mol. The summed E-state index contributed by atoms with van der Waals surface area (Å²) in [5.41, 5.74) is 4.36. The number of rotatable bonds is 6. The van der Waals surface area contributed by atoms with Crippen LogP contribution in [0.1, 0.15) is 37.2 Å². The van der Waals surface area contributed by atoms with Gasteiger partial charge in [0.2, 0.25) is 0 Å². The smallest absolute Gasteiger partial charge is 0.139 e. The van der Waals surface area contributed by atoms with E-state index < -0.39 is 0 Å². The van der Waals surface area contributed by atoms with Crippen molar-refractivity contribution in [2.45, 2.75) is 61.3 Å². The number of fused-ring (bicyclic) bond motifs is 1. The zero-order valence-corrected chi connectivity index (χ0v) is 19.2. The van der Waals surface area contributed by atoms with Crippen molar-refractivity contribution in [3.63, 3.8) is 0 Å². The van der Waals surface area contributed by atoms with Crippen LogP contribution in [0.25, 0.3) is 0 Å². The van der Waals surface area contributed by atoms with E-state index in [2.05, 4.69) is 53.9 Å². The summed E-state index contributed by atoms with van der Waals surface area (Å²) in [5.74, 6) is 0. The molecule has 0 radical (unpaired) electrons. The van der Waals surface area contributed by atoms with Gasteiger partial charge in [0, 0.05) is 39.2 Å². The van der Waals surface area contributed by atoms with Crippen LogP contribution in [0.5, 0.6) is 0 Å². The maximum Gasteiger partial charge on any atom is 0.139 e. The van der Waals surface area contributed by atoms with E-state index in [9.17, 15) is 4.79 Å². The molecule has 2 heterocycles. The summed E-state index contributed by atoms with van der Waals surface area (Å²) in [7, 11) is 0. The summed E-state index contributed by atoms with van der Waals surface area (Å²) >= 11 is 3.67. The fraction of sp³-hybridized carbons (Fsp3) is 0.522. The van der Waals surface area contributed by atoms with E-state index in [0.717, 1.165) is 45.4 Å². The van der Waals surface area contributed by atoms with Crippen LogP contribution < -0.4 is 0 Å². The highest BCUT2D eigenvalue weighted by molar-refractivity contribution is 7.99. The maximum atomic E-state index is 11.3. The molecule has 0 amide bonds. The summed E-state index contributed by atoms with van der Waals surface area (Å²) < 4.78 is 10.0. The lowest BCUT2D eigenvalue weighted by Crippen LogP contribution is -2.30. The molecule has 1 saturated heterocycles. The highest BCUT2D eigenvalue weighted by Gasteiger charge is 2.31. The van der Waals surface area contributed by atoms with Crippen molar-refractivity contribution in [3.8, 4) is 0 Å². The lowest BCUT2D eigenvalue weighted by Gasteiger charge is -2.30. The number of morpholine rings is 1. The van der Waals surface area contributed by atoms with E-state index in [-0.39, 0.29) is 0 Å². The third kappa shape index (κ3) is 4.76. The van der Waals surface area contributed by atoms with Crippen molar-refractivity contribution < 1.29 is 9.53 Å². The molecule has 0 saturated carbocycles. The van der Waals surface area contributed by atoms with Crippen LogP contribution in [0.4, 0.5) is 0 Å². The maximum absolute atomic E-state index is 11.3. The first kappa shape index (κ1) is 21.0. The molecule has 1 aliphatic carbocycles. The Morgan fingerprint density at radius 1 is 1.14 bits per heavy atom. The molecule has 0 bridgehead atoms. The molecule has 6 heteroatoms. The summed E-state index contributed by atoms with van der Waals surface area (Å²) in [6, 6.07) is 8.89. The first-order chi connectivity index (χ1) is 14.0. The normalized spacial score (nSPS) is 19.1. The van der Waals surface area contributed by atoms with Crippen molar-refractivity contribution >= 4 is 30.0 Å². The monoisotopic (exact) mass is 430 g/mol. The molecule has 0 N–H and O–H groups in total. The molecule has 1 aromatic heterocycles. The van der Waals surface area contributed by atoms with Crippen molar-refractivity contribution in [1.29, 1.82) is 0 Å². The van der Waals surface area contributed by atoms with Crippen LogP contribution in [-0.2, 0) is 28.9 Å². The van der Waals surface area contributed by atoms with Gasteiger partial charge in [-0.1, -0.05) is 25.6 Å². The fourth-order valence-corrected chi connectivity index (χ4v) is 6.23. The molecule has 0 unspecified atom stereocenters. The van der Waals surface area contributed by atoms with E-state index in [0.29, 0.717) is 12.0 Å². The van der Waals surface area contributed by atoms with Crippen molar-refractivity contribution in [2.75, 3.05) is 26.3 Å². The van der Waals surface area contributed by atoms with Gasteiger partial charge in [0.15, 0.2) is 0 Å². The van der Waals surface area contributed by atoms with Crippen LogP contribution in [0.2, 0.25) is 0 Å². The molecule has 0 spiro atoms. The molecule has 4 nitrogen and oxygen atoms in total. The Bertz CT molecular complexity index is 868. The van der Waals surface area contributed by atoms with E-state index in [1.165, 1.54) is 38.1 Å². The Kier molecular flexibility index (Phi) is 6.44. The van der Waals surface area contributed by atoms with E-state index in [1.54, 1.807) is 0 Å². The highest BCUT2D eigenvalue weighted by atomic mass is 32.2. The lowest BCUT2D eigenvalue weighted by molar-refractivity contribution is -0.108. The second kappa shape index (κ2) is 8.88. The van der Waals surface area contributed by atoms with Crippen LogP contribution in [-0.4, -0.2) is 41.5 Å². The van der Waals surface area contributed by atoms with E-state index in [4.69, 9.17) is 4.74 Å². The molecule has 156 valence electrons. The summed E-state index contributed by atoms with van der Waals surface area (Å²) in [6.45, 7) is 10.9. The SMILES string of the molecule is Cc1c(Sc2ccc(SN3CCOCC3)cc2)c2c(n1CC=O)CC(C)(C)CC2. The second-order valence-corrected chi connectivity index (χ2v) is 10.9. The van der Waals surface area contributed by atoms with E-state index >= 15 is 0 Å². The highest BCUT2D eigenvalue weighted by Crippen LogP contribution is 2.44. The van der Waals surface area contributed by atoms with Gasteiger partial charge in [0.25, 0.3) is 0 Å². The number of benzene rings is 1. The van der Waals surface area contributed by atoms with Crippen LogP contribution in [0.3, 0.4) is 0 Å². The lowest BCUT2D eigenvalue weighted by atomic mass is 9.77. The molecule has 2 aromatic rings. The minimum absolute atomic E-state index is 0.304. The van der Waals surface area contributed by atoms with E-state index in [1.807, 2.05) is 23.7 Å². The first-order valence-corrected chi connectivity index (χ1v) is 12.0. The molecule has 4 rings (SSSR count). The quantitative estimate of drug-likeness (QED) is 0.476. The van der Waals surface area contributed by atoms with Crippen LogP contribution in [0.15, 0.2) is 39.0 Å². The minimum Gasteiger partial charge on any atom is -0.379 e. The largest absolute Gasteiger partial charge is 0.379 e. The zero-order chi connectivity index (χ0) is 20.4. The van der Waals surface area contributed by atoms with Gasteiger partial charge in [0.05, 0.1) is 19.8 Å². The number of carbonyl (C=O) groups excluding carboxylic acids is 1. The molecular formula is C23H30N2O2S2. The number of hydrogen-bond acceptors (Lipinski definition) is 5. The molecule has 1 aromatic carbocycles. The van der Waals surface area contributed by atoms with Gasteiger partial charge in [0.1, 0.15) is 6.29 Å². The number of nitrogens with zero attached hydrogens (tertiary/aromatic N) is 2. The summed E-state index contributed by atoms with van der Waals surface area (Å²) in [6.07, 6.45) is 4.38. The summed E-state index contributed by atoms with van der Waals surface area (Å²) in [4.78, 5) is 15.2. The number of ether oxygens (including phenoxy) is 1. The number of aldehydes is 1. The first-order valence-electron chi connectivity index (χ1n) is 10.4. The van der Waals surface area contributed by atoms with Gasteiger partial charge in [-0.15, -0.1) is 0 Å². The number of carbonyl (C=O) groups is 1. The standard InChI is InChI=1S/C23H30N2O2S2/c1-17-22(20-8-9-23(2,3)16-21(20)25(17)10-13-26)28-18-4-6-19(7-5-18)29-24-11-14-27-15-12-24/h4-7,13H,8-12,14-16H2,1-3H3. The molecule has 29 heavy (non-hydrogen) atoms. The van der Waals surface area contributed by atoms with Gasteiger partial charge >= 0.3 is 0 Å².